The van der Waals surface area contributed by atoms with E-state index in [2.05, 4.69) is 30.1 Å². The summed E-state index contributed by atoms with van der Waals surface area (Å²) in [4.78, 5) is 0. The van der Waals surface area contributed by atoms with Gasteiger partial charge in [-0.05, 0) is 50.7 Å². The zero-order chi connectivity index (χ0) is 12.8. The summed E-state index contributed by atoms with van der Waals surface area (Å²) in [6.45, 7) is 2.14. The molecule has 0 aromatic rings. The van der Waals surface area contributed by atoms with Crippen molar-refractivity contribution in [2.75, 3.05) is 5.75 Å². The van der Waals surface area contributed by atoms with E-state index in [1.54, 1.807) is 0 Å². The Morgan fingerprint density at radius 1 is 1.28 bits per heavy atom. The second kappa shape index (κ2) is 6.82. The second-order valence-corrected chi connectivity index (χ2v) is 7.26. The van der Waals surface area contributed by atoms with Gasteiger partial charge in [0.05, 0.1) is 6.07 Å². The molecule has 102 valence electrons. The Bertz CT molecular complexity index is 289. The summed E-state index contributed by atoms with van der Waals surface area (Å²) >= 11 is 2.14. The Hall–Kier alpha value is -0.200. The molecule has 2 nitrogen and oxygen atoms in total. The van der Waals surface area contributed by atoms with Gasteiger partial charge in [0.2, 0.25) is 0 Å². The van der Waals surface area contributed by atoms with Crippen molar-refractivity contribution in [3.63, 3.8) is 0 Å². The Balaban J connectivity index is 1.66. The largest absolute Gasteiger partial charge is 0.297 e. The molecule has 0 saturated heterocycles. The van der Waals surface area contributed by atoms with E-state index in [-0.39, 0.29) is 5.54 Å². The summed E-state index contributed by atoms with van der Waals surface area (Å²) in [6, 6.07) is 3.18. The van der Waals surface area contributed by atoms with E-state index in [1.807, 2.05) is 0 Å². The fourth-order valence-corrected chi connectivity index (χ4v) is 4.13. The zero-order valence-electron chi connectivity index (χ0n) is 11.6. The van der Waals surface area contributed by atoms with Crippen LogP contribution in [-0.4, -0.2) is 22.6 Å². The standard InChI is InChI=1S/C15H26N2S/c1-2-15(12-16,17-13-8-9-13)10-5-11-18-14-6-3-4-7-14/h13-14,17H,2-11H2,1H3. The third-order valence-electron chi connectivity index (χ3n) is 4.28. The number of hydrogen-bond donors (Lipinski definition) is 1. The summed E-state index contributed by atoms with van der Waals surface area (Å²) < 4.78 is 0. The number of nitriles is 1. The molecule has 0 aromatic heterocycles. The highest BCUT2D eigenvalue weighted by Crippen LogP contribution is 2.31. The van der Waals surface area contributed by atoms with Gasteiger partial charge in [0, 0.05) is 11.3 Å². The van der Waals surface area contributed by atoms with Crippen LogP contribution in [0.1, 0.15) is 64.7 Å². The van der Waals surface area contributed by atoms with Crippen molar-refractivity contribution in [3.05, 3.63) is 0 Å². The van der Waals surface area contributed by atoms with Gasteiger partial charge in [-0.2, -0.15) is 17.0 Å². The van der Waals surface area contributed by atoms with Gasteiger partial charge >= 0.3 is 0 Å². The predicted molar refractivity (Wildman–Crippen MR) is 78.7 cm³/mol. The van der Waals surface area contributed by atoms with E-state index in [4.69, 9.17) is 0 Å². The quantitative estimate of drug-likeness (QED) is 0.678. The molecular formula is C15H26N2S. The lowest BCUT2D eigenvalue weighted by Crippen LogP contribution is -2.44. The average molecular weight is 266 g/mol. The Labute approximate surface area is 116 Å². The third kappa shape index (κ3) is 4.17. The summed E-state index contributed by atoms with van der Waals surface area (Å²) in [5.74, 6) is 1.24. The van der Waals surface area contributed by atoms with E-state index in [9.17, 15) is 5.26 Å². The maximum Gasteiger partial charge on any atom is 0.106 e. The van der Waals surface area contributed by atoms with Gasteiger partial charge in [0.1, 0.15) is 5.54 Å². The molecule has 2 aliphatic rings. The topological polar surface area (TPSA) is 35.8 Å². The lowest BCUT2D eigenvalue weighted by molar-refractivity contribution is 0.367. The van der Waals surface area contributed by atoms with Crippen molar-refractivity contribution in [1.82, 2.24) is 5.32 Å². The average Bonchev–Trinajstić information content (AvgIpc) is 3.05. The number of thioether (sulfide) groups is 1. The Morgan fingerprint density at radius 2 is 2.00 bits per heavy atom. The highest BCUT2D eigenvalue weighted by molar-refractivity contribution is 7.99. The second-order valence-electron chi connectivity index (χ2n) is 5.85. The molecule has 1 N–H and O–H groups in total. The van der Waals surface area contributed by atoms with Gasteiger partial charge in [0.25, 0.3) is 0 Å². The van der Waals surface area contributed by atoms with Gasteiger partial charge < -0.3 is 0 Å². The molecule has 1 atom stereocenters. The van der Waals surface area contributed by atoms with Gasteiger partial charge in [-0.1, -0.05) is 19.8 Å². The molecule has 0 aromatic carbocycles. The fraction of sp³-hybridized carbons (Fsp3) is 0.933. The van der Waals surface area contributed by atoms with E-state index in [0.717, 1.165) is 18.1 Å². The minimum Gasteiger partial charge on any atom is -0.297 e. The predicted octanol–water partition coefficient (Wildman–Crippen LogP) is 3.87. The molecule has 0 amide bonds. The van der Waals surface area contributed by atoms with E-state index < -0.39 is 0 Å². The normalized spacial score (nSPS) is 23.8. The summed E-state index contributed by atoms with van der Waals surface area (Å²) in [5.41, 5.74) is -0.239. The van der Waals surface area contributed by atoms with Gasteiger partial charge in [-0.3, -0.25) is 5.32 Å². The van der Waals surface area contributed by atoms with Crippen LogP contribution in [0, 0.1) is 11.3 Å². The SMILES string of the molecule is CCC(C#N)(CCCSC1CCCC1)NC1CC1. The molecule has 3 heteroatoms. The van der Waals surface area contributed by atoms with E-state index in [1.165, 1.54) is 50.7 Å². The van der Waals surface area contributed by atoms with Gasteiger partial charge in [0.15, 0.2) is 0 Å². The molecule has 2 saturated carbocycles. The van der Waals surface area contributed by atoms with Crippen LogP contribution in [0.5, 0.6) is 0 Å². The fourth-order valence-electron chi connectivity index (χ4n) is 2.82. The molecule has 0 aliphatic heterocycles. The van der Waals surface area contributed by atoms with Crippen molar-refractivity contribution in [2.24, 2.45) is 0 Å². The number of nitrogens with one attached hydrogen (secondary N) is 1. The molecule has 1 unspecified atom stereocenters. The van der Waals surface area contributed by atoms with Gasteiger partial charge in [-0.25, -0.2) is 0 Å². The van der Waals surface area contributed by atoms with Crippen LogP contribution in [0.15, 0.2) is 0 Å². The van der Waals surface area contributed by atoms with Crippen LogP contribution in [0.3, 0.4) is 0 Å². The highest BCUT2D eigenvalue weighted by atomic mass is 32.2. The first-order valence-electron chi connectivity index (χ1n) is 7.58. The molecule has 0 radical (unpaired) electrons. The van der Waals surface area contributed by atoms with Gasteiger partial charge in [-0.15, -0.1) is 0 Å². The minimum absolute atomic E-state index is 0.239. The number of nitrogens with zero attached hydrogens (tertiary/aromatic N) is 1. The van der Waals surface area contributed by atoms with Crippen molar-refractivity contribution >= 4 is 11.8 Å². The van der Waals surface area contributed by atoms with Crippen LogP contribution in [0.4, 0.5) is 0 Å². The molecule has 2 fully saturated rings. The number of hydrogen-bond acceptors (Lipinski definition) is 3. The molecule has 18 heavy (non-hydrogen) atoms. The van der Waals surface area contributed by atoms with Crippen molar-refractivity contribution in [1.29, 1.82) is 5.26 Å². The van der Waals surface area contributed by atoms with Crippen molar-refractivity contribution < 1.29 is 0 Å². The molecule has 0 bridgehead atoms. The van der Waals surface area contributed by atoms with Crippen LogP contribution >= 0.6 is 11.8 Å². The summed E-state index contributed by atoms with van der Waals surface area (Å²) in [5, 5.41) is 13.9. The van der Waals surface area contributed by atoms with Crippen LogP contribution in [-0.2, 0) is 0 Å². The maximum atomic E-state index is 9.44. The molecule has 0 spiro atoms. The van der Waals surface area contributed by atoms with Crippen molar-refractivity contribution in [2.45, 2.75) is 81.5 Å². The first kappa shape index (κ1) is 14.2. The smallest absolute Gasteiger partial charge is 0.106 e. The zero-order valence-corrected chi connectivity index (χ0v) is 12.4. The first-order chi connectivity index (χ1) is 8.78. The molecule has 2 rings (SSSR count). The number of rotatable bonds is 8. The highest BCUT2D eigenvalue weighted by Gasteiger charge is 2.34. The van der Waals surface area contributed by atoms with E-state index in [0.29, 0.717) is 6.04 Å². The van der Waals surface area contributed by atoms with Crippen LogP contribution in [0.2, 0.25) is 0 Å². The Kier molecular flexibility index (Phi) is 5.38. The van der Waals surface area contributed by atoms with E-state index >= 15 is 0 Å². The monoisotopic (exact) mass is 266 g/mol. The van der Waals surface area contributed by atoms with Crippen LogP contribution in [0.25, 0.3) is 0 Å². The lowest BCUT2D eigenvalue weighted by atomic mass is 9.92. The third-order valence-corrected chi connectivity index (χ3v) is 5.75. The molecular weight excluding hydrogens is 240 g/mol. The summed E-state index contributed by atoms with van der Waals surface area (Å²) in [6.07, 6.45) is 11.4. The molecule has 2 aliphatic carbocycles. The van der Waals surface area contributed by atoms with Crippen LogP contribution < -0.4 is 5.32 Å². The first-order valence-corrected chi connectivity index (χ1v) is 8.63. The van der Waals surface area contributed by atoms with Crippen molar-refractivity contribution in [3.8, 4) is 6.07 Å². The summed E-state index contributed by atoms with van der Waals surface area (Å²) in [7, 11) is 0. The lowest BCUT2D eigenvalue weighted by Gasteiger charge is -2.26. The minimum atomic E-state index is -0.239. The molecule has 0 heterocycles. The maximum absolute atomic E-state index is 9.44. The Morgan fingerprint density at radius 3 is 2.56 bits per heavy atom.